The quantitative estimate of drug-likeness (QED) is 0.364. The summed E-state index contributed by atoms with van der Waals surface area (Å²) in [4.78, 5) is 24.4. The van der Waals surface area contributed by atoms with E-state index >= 15 is 0 Å². The number of aromatic nitrogens is 4. The Labute approximate surface area is 197 Å². The second kappa shape index (κ2) is 9.97. The molecule has 1 amide bonds. The van der Waals surface area contributed by atoms with Gasteiger partial charge in [0.2, 0.25) is 0 Å². The molecule has 2 aromatic heterocycles. The number of halogens is 1. The maximum atomic E-state index is 12.9. The normalized spacial score (nSPS) is 11.3. The average molecular weight is 464 g/mol. The zero-order valence-corrected chi connectivity index (χ0v) is 19.4. The van der Waals surface area contributed by atoms with E-state index in [1.807, 2.05) is 36.4 Å². The first-order chi connectivity index (χ1) is 16.0. The number of hydrogen-bond donors (Lipinski definition) is 3. The number of anilines is 1. The summed E-state index contributed by atoms with van der Waals surface area (Å²) >= 11 is 6.48. The predicted octanol–water partition coefficient (Wildman–Crippen LogP) is 3.99. The zero-order valence-electron chi connectivity index (χ0n) is 18.6. The van der Waals surface area contributed by atoms with Crippen LogP contribution in [0, 0.1) is 0 Å². The topological polar surface area (TPSA) is 113 Å². The van der Waals surface area contributed by atoms with Gasteiger partial charge in [0.25, 0.3) is 5.91 Å². The average Bonchev–Trinajstić information content (AvgIpc) is 3.31. The number of nitrogens with zero attached hydrogens (tertiary/aromatic N) is 4. The van der Waals surface area contributed by atoms with Crippen LogP contribution >= 0.6 is 11.6 Å². The van der Waals surface area contributed by atoms with Crippen molar-refractivity contribution in [2.75, 3.05) is 31.9 Å². The van der Waals surface area contributed by atoms with Gasteiger partial charge in [0.05, 0.1) is 28.1 Å². The van der Waals surface area contributed by atoms with E-state index in [0.717, 1.165) is 41.7 Å². The number of fused-ring (bicyclic) bond motifs is 1. The summed E-state index contributed by atoms with van der Waals surface area (Å²) in [6.45, 7) is 7.25. The molecule has 4 aromatic rings. The van der Waals surface area contributed by atoms with Crippen molar-refractivity contribution in [3.63, 3.8) is 0 Å². The molecule has 4 N–H and O–H groups in total. The van der Waals surface area contributed by atoms with Gasteiger partial charge in [-0.2, -0.15) is 5.10 Å². The highest BCUT2D eigenvalue weighted by Crippen LogP contribution is 2.34. The first-order valence-electron chi connectivity index (χ1n) is 10.9. The fourth-order valence-corrected chi connectivity index (χ4v) is 3.98. The second-order valence-electron chi connectivity index (χ2n) is 7.60. The number of nitrogens with two attached hydrogens (primary N) is 1. The summed E-state index contributed by atoms with van der Waals surface area (Å²) in [5.41, 5.74) is 9.69. The molecule has 0 aliphatic carbocycles. The number of benzene rings is 2. The van der Waals surface area contributed by atoms with Gasteiger partial charge in [-0.25, -0.2) is 9.97 Å². The Bertz CT molecular complexity index is 1270. The van der Waals surface area contributed by atoms with Crippen LogP contribution in [0.4, 0.5) is 5.82 Å². The molecule has 0 radical (unpaired) electrons. The third kappa shape index (κ3) is 4.81. The largest absolute Gasteiger partial charge is 0.382 e. The number of likely N-dealkylation sites (N-methyl/N-ethyl adjacent to an activating group) is 1. The smallest absolute Gasteiger partial charge is 0.273 e. The minimum Gasteiger partial charge on any atom is -0.382 e. The summed E-state index contributed by atoms with van der Waals surface area (Å²) in [5, 5.41) is 11.2. The number of rotatable bonds is 8. The first-order valence-corrected chi connectivity index (χ1v) is 11.3. The van der Waals surface area contributed by atoms with Crippen LogP contribution in [0.1, 0.15) is 24.3 Å². The number of hydrogen-bond acceptors (Lipinski definition) is 6. The highest BCUT2D eigenvalue weighted by atomic mass is 35.5. The van der Waals surface area contributed by atoms with Crippen LogP contribution in [0.3, 0.4) is 0 Å². The Kier molecular flexibility index (Phi) is 6.86. The standard InChI is InChI=1S/C24H26ClN7O/c1-3-32(4-2)11-10-27-24(33)22-23(26)30-20(15-8-6-5-7-9-15)21(29-22)16-12-17-14-28-31-19(17)18(25)13-16/h5-9,12-14H,3-4,10-11H2,1-2H3,(H2,26,30)(H,27,33)(H,28,31). The number of carbonyl (C=O) groups excluding carboxylic acids is 1. The number of nitrogens with one attached hydrogen (secondary N) is 2. The molecule has 8 nitrogen and oxygen atoms in total. The summed E-state index contributed by atoms with van der Waals surface area (Å²) < 4.78 is 0. The number of nitrogen functional groups attached to an aromatic ring is 1. The molecule has 0 spiro atoms. The van der Waals surface area contributed by atoms with Crippen LogP contribution in [0.2, 0.25) is 5.02 Å². The van der Waals surface area contributed by atoms with Crippen molar-refractivity contribution in [3.8, 4) is 22.5 Å². The molecular weight excluding hydrogens is 438 g/mol. The molecule has 0 fully saturated rings. The minimum absolute atomic E-state index is 0.0772. The molecule has 9 heteroatoms. The van der Waals surface area contributed by atoms with Crippen molar-refractivity contribution in [3.05, 3.63) is 59.4 Å². The molecule has 0 aliphatic rings. The monoisotopic (exact) mass is 463 g/mol. The maximum absolute atomic E-state index is 12.9. The number of carbonyl (C=O) groups is 1. The van der Waals surface area contributed by atoms with Crippen LogP contribution < -0.4 is 11.1 Å². The van der Waals surface area contributed by atoms with Crippen LogP contribution in [0.15, 0.2) is 48.7 Å². The number of aromatic amines is 1. The number of amides is 1. The highest BCUT2D eigenvalue weighted by molar-refractivity contribution is 6.35. The van der Waals surface area contributed by atoms with E-state index in [-0.39, 0.29) is 17.4 Å². The van der Waals surface area contributed by atoms with E-state index in [2.05, 4.69) is 44.2 Å². The van der Waals surface area contributed by atoms with Crippen molar-refractivity contribution in [1.82, 2.24) is 30.4 Å². The highest BCUT2D eigenvalue weighted by Gasteiger charge is 2.21. The summed E-state index contributed by atoms with van der Waals surface area (Å²) in [6.07, 6.45) is 1.69. The molecule has 0 bridgehead atoms. The van der Waals surface area contributed by atoms with Crippen molar-refractivity contribution >= 4 is 34.2 Å². The van der Waals surface area contributed by atoms with Crippen LogP contribution in [-0.2, 0) is 0 Å². The summed E-state index contributed by atoms with van der Waals surface area (Å²) in [5.74, 6) is -0.281. The minimum atomic E-state index is -0.358. The van der Waals surface area contributed by atoms with E-state index < -0.39 is 0 Å². The van der Waals surface area contributed by atoms with E-state index in [1.165, 1.54) is 0 Å². The molecule has 4 rings (SSSR count). The van der Waals surface area contributed by atoms with Crippen molar-refractivity contribution in [2.45, 2.75) is 13.8 Å². The third-order valence-corrected chi connectivity index (χ3v) is 5.87. The Morgan fingerprint density at radius 3 is 2.55 bits per heavy atom. The fourth-order valence-electron chi connectivity index (χ4n) is 3.72. The van der Waals surface area contributed by atoms with Crippen molar-refractivity contribution < 1.29 is 4.79 Å². The molecular formula is C24H26ClN7O. The molecule has 0 aliphatic heterocycles. The van der Waals surface area contributed by atoms with Gasteiger partial charge in [-0.15, -0.1) is 0 Å². The lowest BCUT2D eigenvalue weighted by Crippen LogP contribution is -2.35. The lowest BCUT2D eigenvalue weighted by atomic mass is 10.0. The van der Waals surface area contributed by atoms with Gasteiger partial charge < -0.3 is 16.0 Å². The second-order valence-corrected chi connectivity index (χ2v) is 8.00. The molecule has 33 heavy (non-hydrogen) atoms. The van der Waals surface area contributed by atoms with Gasteiger partial charge in [-0.05, 0) is 25.2 Å². The predicted molar refractivity (Wildman–Crippen MR) is 132 cm³/mol. The van der Waals surface area contributed by atoms with Crippen LogP contribution in [0.5, 0.6) is 0 Å². The molecule has 0 saturated carbocycles. The van der Waals surface area contributed by atoms with Crippen molar-refractivity contribution in [1.29, 1.82) is 0 Å². The lowest BCUT2D eigenvalue weighted by Gasteiger charge is -2.18. The fraction of sp³-hybridized carbons (Fsp3) is 0.250. The molecule has 2 heterocycles. The Morgan fingerprint density at radius 2 is 1.82 bits per heavy atom. The van der Waals surface area contributed by atoms with Crippen LogP contribution in [-0.4, -0.2) is 57.2 Å². The molecule has 0 unspecified atom stereocenters. The van der Waals surface area contributed by atoms with E-state index in [4.69, 9.17) is 17.3 Å². The molecule has 2 aromatic carbocycles. The number of H-pyrrole nitrogens is 1. The van der Waals surface area contributed by atoms with E-state index in [1.54, 1.807) is 12.3 Å². The Hall–Kier alpha value is -3.49. The van der Waals surface area contributed by atoms with Gasteiger partial charge >= 0.3 is 0 Å². The van der Waals surface area contributed by atoms with E-state index in [9.17, 15) is 4.79 Å². The Morgan fingerprint density at radius 1 is 1.09 bits per heavy atom. The summed E-state index contributed by atoms with van der Waals surface area (Å²) in [7, 11) is 0. The first kappa shape index (κ1) is 22.7. The molecule has 0 atom stereocenters. The zero-order chi connectivity index (χ0) is 23.4. The van der Waals surface area contributed by atoms with Gasteiger partial charge in [0, 0.05) is 29.6 Å². The van der Waals surface area contributed by atoms with Gasteiger partial charge in [0.15, 0.2) is 11.5 Å². The van der Waals surface area contributed by atoms with Gasteiger partial charge in [0.1, 0.15) is 0 Å². The van der Waals surface area contributed by atoms with Crippen LogP contribution in [0.25, 0.3) is 33.4 Å². The van der Waals surface area contributed by atoms with Gasteiger partial charge in [-0.1, -0.05) is 55.8 Å². The summed E-state index contributed by atoms with van der Waals surface area (Å²) in [6, 6.07) is 13.3. The maximum Gasteiger partial charge on any atom is 0.273 e. The van der Waals surface area contributed by atoms with Gasteiger partial charge in [-0.3, -0.25) is 9.89 Å². The lowest BCUT2D eigenvalue weighted by molar-refractivity contribution is 0.0944. The third-order valence-electron chi connectivity index (χ3n) is 5.57. The SMILES string of the molecule is CCN(CC)CCNC(=O)c1nc(-c2cc(Cl)c3[nH]ncc3c2)c(-c2ccccc2)nc1N. The molecule has 0 saturated heterocycles. The Balaban J connectivity index is 1.76. The van der Waals surface area contributed by atoms with E-state index in [0.29, 0.717) is 23.0 Å². The molecule has 170 valence electrons. The van der Waals surface area contributed by atoms with Crippen molar-refractivity contribution in [2.24, 2.45) is 0 Å².